The minimum absolute atomic E-state index is 0.388. The van der Waals surface area contributed by atoms with E-state index < -0.39 is 0 Å². The zero-order valence-electron chi connectivity index (χ0n) is 12.2. The molecule has 2 unspecified atom stereocenters. The zero-order valence-corrected chi connectivity index (χ0v) is 12.2. The Morgan fingerprint density at radius 3 is 2.84 bits per heavy atom. The number of methoxy groups -OCH3 is 1. The smallest absolute Gasteiger partial charge is 0.0917 e. The Morgan fingerprint density at radius 1 is 1.37 bits per heavy atom. The van der Waals surface area contributed by atoms with Gasteiger partial charge in [0.05, 0.1) is 12.7 Å². The first-order valence-electron chi connectivity index (χ1n) is 7.06. The number of β-amino-alcohol motifs (C(OH)–C–C–N with tert-alkyl or cyclic N) is 1. The van der Waals surface area contributed by atoms with Gasteiger partial charge in [0.1, 0.15) is 0 Å². The highest BCUT2D eigenvalue weighted by Gasteiger charge is 2.24. The fraction of sp³-hybridized carbons (Fsp3) is 0.625. The normalized spacial score (nSPS) is 21.8. The Balaban J connectivity index is 1.90. The first-order valence-corrected chi connectivity index (χ1v) is 7.06. The van der Waals surface area contributed by atoms with Gasteiger partial charge in [0.15, 0.2) is 0 Å². The summed E-state index contributed by atoms with van der Waals surface area (Å²) in [6.07, 6.45) is 0.786. The van der Waals surface area contributed by atoms with Gasteiger partial charge in [-0.25, -0.2) is 0 Å². The number of aliphatic hydroxyl groups is 1. The largest absolute Gasteiger partial charge is 0.387 e. The van der Waals surface area contributed by atoms with Gasteiger partial charge in [-0.2, -0.15) is 0 Å². The maximum absolute atomic E-state index is 10.3. The molecule has 2 atom stereocenters. The summed E-state index contributed by atoms with van der Waals surface area (Å²) < 4.78 is 5.20. The third-order valence-corrected chi connectivity index (χ3v) is 4.12. The number of aliphatic hydroxyl groups excluding tert-OH is 1. The van der Waals surface area contributed by atoms with Crippen LogP contribution >= 0.6 is 0 Å². The maximum atomic E-state index is 10.3. The van der Waals surface area contributed by atoms with E-state index in [0.29, 0.717) is 5.92 Å². The molecule has 0 saturated carbocycles. The molecule has 0 spiro atoms. The lowest BCUT2D eigenvalue weighted by atomic mass is 10.0. The molecule has 0 aromatic heterocycles. The Bertz CT molecular complexity index is 419. The van der Waals surface area contributed by atoms with Crippen LogP contribution in [0, 0.1) is 19.8 Å². The molecule has 0 aliphatic carbocycles. The number of rotatable bonds is 5. The van der Waals surface area contributed by atoms with Crippen LogP contribution in [0.15, 0.2) is 18.2 Å². The highest BCUT2D eigenvalue weighted by atomic mass is 16.5. The fourth-order valence-corrected chi connectivity index (χ4v) is 2.77. The van der Waals surface area contributed by atoms with Crippen molar-refractivity contribution in [3.05, 3.63) is 34.9 Å². The lowest BCUT2D eigenvalue weighted by Crippen LogP contribution is -2.27. The summed E-state index contributed by atoms with van der Waals surface area (Å²) in [5.74, 6) is 0.622. The molecule has 1 aromatic carbocycles. The van der Waals surface area contributed by atoms with E-state index in [1.54, 1.807) is 7.11 Å². The standard InChI is InChI=1S/C16H25NO2/c1-12-4-5-15(8-13(12)2)16(18)10-17-7-6-14(9-17)11-19-3/h4-5,8,14,16,18H,6-7,9-11H2,1-3H3. The molecule has 1 N–H and O–H groups in total. The highest BCUT2D eigenvalue weighted by Crippen LogP contribution is 2.22. The fourth-order valence-electron chi connectivity index (χ4n) is 2.77. The third-order valence-electron chi connectivity index (χ3n) is 4.12. The van der Waals surface area contributed by atoms with E-state index in [9.17, 15) is 5.11 Å². The number of nitrogens with zero attached hydrogens (tertiary/aromatic N) is 1. The SMILES string of the molecule is COCC1CCN(CC(O)c2ccc(C)c(C)c2)C1. The summed E-state index contributed by atoms with van der Waals surface area (Å²) in [7, 11) is 1.76. The van der Waals surface area contributed by atoms with E-state index in [2.05, 4.69) is 30.9 Å². The van der Waals surface area contributed by atoms with Crippen molar-refractivity contribution >= 4 is 0 Å². The Kier molecular flexibility index (Phi) is 4.97. The van der Waals surface area contributed by atoms with Crippen molar-refractivity contribution in [3.8, 4) is 0 Å². The molecular weight excluding hydrogens is 238 g/mol. The Hall–Kier alpha value is -0.900. The van der Waals surface area contributed by atoms with Crippen LogP contribution in [0.3, 0.4) is 0 Å². The molecular formula is C16H25NO2. The molecule has 1 aromatic rings. The monoisotopic (exact) mass is 263 g/mol. The number of aryl methyl sites for hydroxylation is 2. The molecule has 106 valence electrons. The van der Waals surface area contributed by atoms with Crippen molar-refractivity contribution < 1.29 is 9.84 Å². The van der Waals surface area contributed by atoms with Gasteiger partial charge in [-0.15, -0.1) is 0 Å². The van der Waals surface area contributed by atoms with Crippen LogP contribution in [0.2, 0.25) is 0 Å². The number of hydrogen-bond acceptors (Lipinski definition) is 3. The summed E-state index contributed by atoms with van der Waals surface area (Å²) in [5, 5.41) is 10.3. The molecule has 19 heavy (non-hydrogen) atoms. The average molecular weight is 263 g/mol. The number of hydrogen-bond donors (Lipinski definition) is 1. The second kappa shape index (κ2) is 6.51. The second-order valence-corrected chi connectivity index (χ2v) is 5.73. The summed E-state index contributed by atoms with van der Waals surface area (Å²) in [4.78, 5) is 2.34. The van der Waals surface area contributed by atoms with Crippen LogP contribution in [0.1, 0.15) is 29.2 Å². The van der Waals surface area contributed by atoms with Gasteiger partial charge in [0.25, 0.3) is 0 Å². The molecule has 1 aliphatic heterocycles. The molecule has 3 nitrogen and oxygen atoms in total. The minimum Gasteiger partial charge on any atom is -0.387 e. The van der Waals surface area contributed by atoms with Crippen LogP contribution in [0.25, 0.3) is 0 Å². The lowest BCUT2D eigenvalue weighted by molar-refractivity contribution is 0.115. The number of ether oxygens (including phenoxy) is 1. The topological polar surface area (TPSA) is 32.7 Å². The van der Waals surface area contributed by atoms with E-state index in [1.807, 2.05) is 6.07 Å². The van der Waals surface area contributed by atoms with Crippen molar-refractivity contribution in [2.45, 2.75) is 26.4 Å². The van der Waals surface area contributed by atoms with Crippen LogP contribution < -0.4 is 0 Å². The van der Waals surface area contributed by atoms with Gasteiger partial charge in [0.2, 0.25) is 0 Å². The van der Waals surface area contributed by atoms with E-state index in [0.717, 1.165) is 31.8 Å². The second-order valence-electron chi connectivity index (χ2n) is 5.73. The number of benzene rings is 1. The van der Waals surface area contributed by atoms with Crippen LogP contribution in [-0.4, -0.2) is 43.4 Å². The van der Waals surface area contributed by atoms with Gasteiger partial charge in [-0.3, -0.25) is 0 Å². The third kappa shape index (κ3) is 3.78. The summed E-state index contributed by atoms with van der Waals surface area (Å²) in [6, 6.07) is 6.23. The zero-order chi connectivity index (χ0) is 13.8. The van der Waals surface area contributed by atoms with Gasteiger partial charge in [-0.05, 0) is 49.4 Å². The molecule has 1 fully saturated rings. The van der Waals surface area contributed by atoms with Gasteiger partial charge in [0, 0.05) is 20.2 Å². The van der Waals surface area contributed by atoms with Crippen LogP contribution in [0.5, 0.6) is 0 Å². The molecule has 0 radical (unpaired) electrons. The van der Waals surface area contributed by atoms with Gasteiger partial charge < -0.3 is 14.7 Å². The molecule has 2 rings (SSSR count). The van der Waals surface area contributed by atoms with Crippen LogP contribution in [-0.2, 0) is 4.74 Å². The van der Waals surface area contributed by atoms with Gasteiger partial charge in [-0.1, -0.05) is 18.2 Å². The summed E-state index contributed by atoms with van der Waals surface area (Å²) in [5.41, 5.74) is 3.55. The van der Waals surface area contributed by atoms with E-state index in [4.69, 9.17) is 4.74 Å². The molecule has 1 saturated heterocycles. The van der Waals surface area contributed by atoms with Crippen molar-refractivity contribution in [2.75, 3.05) is 33.4 Å². The van der Waals surface area contributed by atoms with Crippen molar-refractivity contribution in [2.24, 2.45) is 5.92 Å². The summed E-state index contributed by atoms with van der Waals surface area (Å²) >= 11 is 0. The maximum Gasteiger partial charge on any atom is 0.0917 e. The average Bonchev–Trinajstić information content (AvgIpc) is 2.80. The van der Waals surface area contributed by atoms with Gasteiger partial charge >= 0.3 is 0 Å². The van der Waals surface area contributed by atoms with Crippen molar-refractivity contribution in [1.29, 1.82) is 0 Å². The molecule has 0 bridgehead atoms. The molecule has 3 heteroatoms. The summed E-state index contributed by atoms with van der Waals surface area (Å²) in [6.45, 7) is 7.85. The Morgan fingerprint density at radius 2 is 2.16 bits per heavy atom. The lowest BCUT2D eigenvalue weighted by Gasteiger charge is -2.21. The quantitative estimate of drug-likeness (QED) is 0.885. The highest BCUT2D eigenvalue weighted by molar-refractivity contribution is 5.31. The predicted molar refractivity (Wildman–Crippen MR) is 77.3 cm³/mol. The molecule has 1 aliphatic rings. The Labute approximate surface area is 116 Å². The predicted octanol–water partition coefficient (Wildman–Crippen LogP) is 2.31. The van der Waals surface area contributed by atoms with Crippen molar-refractivity contribution in [1.82, 2.24) is 4.90 Å². The van der Waals surface area contributed by atoms with E-state index in [-0.39, 0.29) is 6.10 Å². The van der Waals surface area contributed by atoms with E-state index in [1.165, 1.54) is 17.5 Å². The molecule has 0 amide bonds. The van der Waals surface area contributed by atoms with Crippen LogP contribution in [0.4, 0.5) is 0 Å². The van der Waals surface area contributed by atoms with Crippen molar-refractivity contribution in [3.63, 3.8) is 0 Å². The first-order chi connectivity index (χ1) is 9.10. The number of likely N-dealkylation sites (tertiary alicyclic amines) is 1. The first kappa shape index (κ1) is 14.5. The van der Waals surface area contributed by atoms with E-state index >= 15 is 0 Å². The minimum atomic E-state index is -0.388. The molecule has 1 heterocycles.